The van der Waals surface area contributed by atoms with Crippen LogP contribution in [0.15, 0.2) is 0 Å². The SMILES string of the molecule is CCO[SiH](OCC)C(C)CCCCC1CO1. The maximum absolute atomic E-state index is 5.73. The molecule has 1 aliphatic heterocycles. The summed E-state index contributed by atoms with van der Waals surface area (Å²) in [5, 5.41) is 0. The van der Waals surface area contributed by atoms with Crippen LogP contribution in [0.4, 0.5) is 0 Å². The summed E-state index contributed by atoms with van der Waals surface area (Å²) >= 11 is 0. The lowest BCUT2D eigenvalue weighted by atomic mass is 10.1. The fraction of sp³-hybridized carbons (Fsp3) is 1.00. The Labute approximate surface area is 101 Å². The van der Waals surface area contributed by atoms with Crippen LogP contribution in [0.25, 0.3) is 0 Å². The normalized spacial score (nSPS) is 21.4. The van der Waals surface area contributed by atoms with Gasteiger partial charge in [-0.15, -0.1) is 0 Å². The van der Waals surface area contributed by atoms with E-state index in [2.05, 4.69) is 20.8 Å². The van der Waals surface area contributed by atoms with E-state index in [0.717, 1.165) is 19.8 Å². The zero-order valence-electron chi connectivity index (χ0n) is 10.9. The van der Waals surface area contributed by atoms with Crippen molar-refractivity contribution in [1.29, 1.82) is 0 Å². The minimum absolute atomic E-state index is 0.585. The lowest BCUT2D eigenvalue weighted by Crippen LogP contribution is -2.27. The van der Waals surface area contributed by atoms with Crippen LogP contribution in [-0.2, 0) is 13.6 Å². The highest BCUT2D eigenvalue weighted by molar-refractivity contribution is 6.46. The summed E-state index contributed by atoms with van der Waals surface area (Å²) in [6.45, 7) is 8.95. The van der Waals surface area contributed by atoms with E-state index in [1.807, 2.05) is 0 Å². The monoisotopic (exact) mass is 246 g/mol. The first kappa shape index (κ1) is 14.2. The smallest absolute Gasteiger partial charge is 0.324 e. The number of hydrogen-bond donors (Lipinski definition) is 0. The first-order chi connectivity index (χ1) is 7.77. The third-order valence-corrected chi connectivity index (χ3v) is 5.55. The molecule has 1 aliphatic rings. The highest BCUT2D eigenvalue weighted by Gasteiger charge is 2.23. The number of rotatable bonds is 10. The molecule has 0 N–H and O–H groups in total. The Morgan fingerprint density at radius 3 is 2.38 bits per heavy atom. The molecule has 0 bridgehead atoms. The molecule has 0 aromatic heterocycles. The summed E-state index contributed by atoms with van der Waals surface area (Å²) in [6.07, 6.45) is 5.63. The highest BCUT2D eigenvalue weighted by Crippen LogP contribution is 2.23. The van der Waals surface area contributed by atoms with Crippen molar-refractivity contribution in [3.05, 3.63) is 0 Å². The standard InChI is InChI=1S/C12H26O3Si/c1-4-14-16(15-5-2)11(3)8-6-7-9-12-10-13-12/h11-12,16H,4-10H2,1-3H3. The van der Waals surface area contributed by atoms with E-state index in [1.165, 1.54) is 25.7 Å². The zero-order valence-corrected chi connectivity index (χ0v) is 12.1. The van der Waals surface area contributed by atoms with Gasteiger partial charge in [0, 0.05) is 13.2 Å². The predicted octanol–water partition coefficient (Wildman–Crippen LogP) is 2.63. The van der Waals surface area contributed by atoms with E-state index in [9.17, 15) is 0 Å². The summed E-state index contributed by atoms with van der Waals surface area (Å²) < 4.78 is 16.7. The number of ether oxygens (including phenoxy) is 1. The van der Waals surface area contributed by atoms with Crippen molar-refractivity contribution in [3.63, 3.8) is 0 Å². The molecule has 1 fully saturated rings. The Bertz CT molecular complexity index is 168. The first-order valence-corrected chi connectivity index (χ1v) is 8.23. The van der Waals surface area contributed by atoms with Crippen LogP contribution < -0.4 is 0 Å². The van der Waals surface area contributed by atoms with Crippen molar-refractivity contribution in [3.8, 4) is 0 Å². The Balaban J connectivity index is 2.05. The van der Waals surface area contributed by atoms with Gasteiger partial charge >= 0.3 is 9.28 Å². The topological polar surface area (TPSA) is 31.0 Å². The molecule has 0 saturated carbocycles. The van der Waals surface area contributed by atoms with Gasteiger partial charge in [0.2, 0.25) is 0 Å². The fourth-order valence-corrected chi connectivity index (χ4v) is 3.83. The molecule has 0 amide bonds. The van der Waals surface area contributed by atoms with E-state index in [-0.39, 0.29) is 0 Å². The number of epoxide rings is 1. The van der Waals surface area contributed by atoms with E-state index in [1.54, 1.807) is 0 Å². The van der Waals surface area contributed by atoms with Crippen molar-refractivity contribution in [2.75, 3.05) is 19.8 Å². The number of hydrogen-bond acceptors (Lipinski definition) is 3. The van der Waals surface area contributed by atoms with Gasteiger partial charge in [0.15, 0.2) is 0 Å². The van der Waals surface area contributed by atoms with Crippen LogP contribution in [0, 0.1) is 0 Å². The minimum Gasteiger partial charge on any atom is -0.397 e. The van der Waals surface area contributed by atoms with Crippen LogP contribution in [0.5, 0.6) is 0 Å². The molecule has 1 heterocycles. The van der Waals surface area contributed by atoms with Crippen LogP contribution in [0.2, 0.25) is 5.54 Å². The molecule has 16 heavy (non-hydrogen) atoms. The second kappa shape index (κ2) is 8.23. The van der Waals surface area contributed by atoms with Gasteiger partial charge in [-0.05, 0) is 32.2 Å². The van der Waals surface area contributed by atoms with Crippen LogP contribution in [0.1, 0.15) is 46.5 Å². The Morgan fingerprint density at radius 2 is 1.88 bits per heavy atom. The molecule has 4 heteroatoms. The van der Waals surface area contributed by atoms with E-state index >= 15 is 0 Å². The predicted molar refractivity (Wildman–Crippen MR) is 68.0 cm³/mol. The van der Waals surface area contributed by atoms with Gasteiger partial charge in [-0.25, -0.2) is 0 Å². The lowest BCUT2D eigenvalue weighted by molar-refractivity contribution is 0.203. The van der Waals surface area contributed by atoms with Crippen molar-refractivity contribution in [2.45, 2.75) is 58.1 Å². The van der Waals surface area contributed by atoms with Crippen molar-refractivity contribution in [1.82, 2.24) is 0 Å². The molecule has 0 spiro atoms. The summed E-state index contributed by atoms with van der Waals surface area (Å²) in [4.78, 5) is 0. The summed E-state index contributed by atoms with van der Waals surface area (Å²) in [5.41, 5.74) is 0.625. The summed E-state index contributed by atoms with van der Waals surface area (Å²) in [5.74, 6) is 0. The van der Waals surface area contributed by atoms with Gasteiger partial charge in [0.1, 0.15) is 0 Å². The van der Waals surface area contributed by atoms with Crippen molar-refractivity contribution < 1.29 is 13.6 Å². The minimum atomic E-state index is -1.41. The molecule has 1 saturated heterocycles. The molecule has 0 aromatic rings. The molecule has 3 nitrogen and oxygen atoms in total. The van der Waals surface area contributed by atoms with Crippen LogP contribution in [-0.4, -0.2) is 35.2 Å². The van der Waals surface area contributed by atoms with Gasteiger partial charge in [0.25, 0.3) is 0 Å². The van der Waals surface area contributed by atoms with Gasteiger partial charge in [-0.2, -0.15) is 0 Å². The van der Waals surface area contributed by atoms with Gasteiger partial charge < -0.3 is 13.6 Å². The lowest BCUT2D eigenvalue weighted by Gasteiger charge is -2.21. The fourth-order valence-electron chi connectivity index (χ4n) is 1.91. The van der Waals surface area contributed by atoms with Gasteiger partial charge in [-0.1, -0.05) is 19.8 Å². The average Bonchev–Trinajstić information content (AvgIpc) is 3.07. The maximum Gasteiger partial charge on any atom is 0.324 e. The van der Waals surface area contributed by atoms with Crippen LogP contribution in [0.3, 0.4) is 0 Å². The van der Waals surface area contributed by atoms with E-state index in [0.29, 0.717) is 11.6 Å². The third-order valence-electron chi connectivity index (χ3n) is 2.96. The molecule has 0 aromatic carbocycles. The van der Waals surface area contributed by atoms with E-state index in [4.69, 9.17) is 13.6 Å². The molecule has 0 aliphatic carbocycles. The summed E-state index contributed by atoms with van der Waals surface area (Å²) in [6, 6.07) is 0. The Morgan fingerprint density at radius 1 is 1.25 bits per heavy atom. The van der Waals surface area contributed by atoms with Gasteiger partial charge in [-0.3, -0.25) is 0 Å². The Kier molecular flexibility index (Phi) is 7.28. The molecule has 1 rings (SSSR count). The third kappa shape index (κ3) is 5.99. The highest BCUT2D eigenvalue weighted by atomic mass is 28.3. The van der Waals surface area contributed by atoms with Crippen molar-refractivity contribution in [2.24, 2.45) is 0 Å². The second-order valence-corrected chi connectivity index (χ2v) is 7.04. The quantitative estimate of drug-likeness (QED) is 0.337. The first-order valence-electron chi connectivity index (χ1n) is 6.62. The molecular weight excluding hydrogens is 220 g/mol. The molecule has 0 radical (unpaired) electrons. The van der Waals surface area contributed by atoms with E-state index < -0.39 is 9.28 Å². The second-order valence-electron chi connectivity index (χ2n) is 4.50. The van der Waals surface area contributed by atoms with Crippen LogP contribution >= 0.6 is 0 Å². The Hall–Kier alpha value is 0.0969. The average molecular weight is 246 g/mol. The maximum atomic E-state index is 5.73. The van der Waals surface area contributed by atoms with Gasteiger partial charge in [0.05, 0.1) is 12.7 Å². The summed E-state index contributed by atoms with van der Waals surface area (Å²) in [7, 11) is -1.41. The zero-order chi connectivity index (χ0) is 11.8. The molecular formula is C12H26O3Si. The largest absolute Gasteiger partial charge is 0.397 e. The van der Waals surface area contributed by atoms with Crippen molar-refractivity contribution >= 4 is 9.28 Å². The molecule has 2 unspecified atom stereocenters. The molecule has 96 valence electrons. The molecule has 2 atom stereocenters. The number of unbranched alkanes of at least 4 members (excludes halogenated alkanes) is 1.